The molecule has 2 bridgehead atoms. The van der Waals surface area contributed by atoms with Crippen molar-refractivity contribution in [3.8, 4) is 5.75 Å². The van der Waals surface area contributed by atoms with Gasteiger partial charge in [0.1, 0.15) is 22.9 Å². The second kappa shape index (κ2) is 15.2. The van der Waals surface area contributed by atoms with Gasteiger partial charge in [0, 0.05) is 70.4 Å². The van der Waals surface area contributed by atoms with Crippen LogP contribution in [0.15, 0.2) is 70.2 Å². The van der Waals surface area contributed by atoms with Crippen molar-refractivity contribution in [2.24, 2.45) is 0 Å². The fourth-order valence-corrected chi connectivity index (χ4v) is 10.2. The molecule has 4 aliphatic rings. The van der Waals surface area contributed by atoms with Gasteiger partial charge in [-0.05, 0) is 78.0 Å². The average Bonchev–Trinajstić information content (AvgIpc) is 4.03. The highest BCUT2D eigenvalue weighted by atomic mass is 32.1. The van der Waals surface area contributed by atoms with Crippen LogP contribution in [-0.2, 0) is 28.2 Å². The van der Waals surface area contributed by atoms with Crippen molar-refractivity contribution < 1.29 is 24.9 Å². The van der Waals surface area contributed by atoms with Crippen molar-refractivity contribution in [1.29, 1.82) is 0 Å². The van der Waals surface area contributed by atoms with Crippen molar-refractivity contribution in [3.63, 3.8) is 0 Å². The van der Waals surface area contributed by atoms with E-state index in [2.05, 4.69) is 41.4 Å². The third-order valence-corrected chi connectivity index (χ3v) is 13.3. The lowest BCUT2D eigenvalue weighted by atomic mass is 9.99. The van der Waals surface area contributed by atoms with Crippen LogP contribution in [0.25, 0.3) is 21.9 Å². The lowest BCUT2D eigenvalue weighted by molar-refractivity contribution is -0.169. The summed E-state index contributed by atoms with van der Waals surface area (Å²) in [5.74, 6) is -0.647. The molecule has 0 aliphatic carbocycles. The molecular weight excluding hydrogens is 753 g/mol. The van der Waals surface area contributed by atoms with E-state index in [1.165, 1.54) is 46.2 Å². The number of hydrogen-bond acceptors (Lipinski definition) is 14. The molecular formula is C40H44N8O6S2. The summed E-state index contributed by atoms with van der Waals surface area (Å²) in [4.78, 5) is 36.4. The number of phenolic OH excluding ortho intramolecular Hbond substituents is 1. The number of H-pyrrole nitrogens is 1. The summed E-state index contributed by atoms with van der Waals surface area (Å²) in [6.07, 6.45) is 1.20. The lowest BCUT2D eigenvalue weighted by Gasteiger charge is -2.46. The number of ether oxygens (including phenoxy) is 1. The number of piperazine rings is 1. The molecule has 0 unspecified atom stereocenters. The Hall–Kier alpha value is -4.84. The van der Waals surface area contributed by atoms with E-state index >= 15 is 0 Å². The standard InChI is InChI=1S/C40H44N8O6S2/c49-30-8-6-27(28-7-9-34(51)42-35(28)30)31(50)24-41-23-25-22-29-37(38-36(25)46-16-18-47(38)19-17-46)48(44-43-29)13-3-12-45-14-10-26(11-15-45)54-39(52)40(53,32-4-1-20-55-32)33-5-2-21-56-33/h1-2,4-9,20-22,26,31,41,49-50,53H,3,10-19,23-24H2,(H,42,51)/t31-/m0/s1. The van der Waals surface area contributed by atoms with E-state index in [0.717, 1.165) is 75.4 Å². The van der Waals surface area contributed by atoms with Gasteiger partial charge < -0.3 is 45.1 Å². The maximum absolute atomic E-state index is 13.5. The van der Waals surface area contributed by atoms with Gasteiger partial charge in [-0.1, -0.05) is 23.4 Å². The van der Waals surface area contributed by atoms with E-state index in [1.54, 1.807) is 24.3 Å². The molecule has 0 amide bonds. The van der Waals surface area contributed by atoms with E-state index in [4.69, 9.17) is 4.74 Å². The predicted molar refractivity (Wildman–Crippen MR) is 217 cm³/mol. The number of piperidine rings is 1. The molecule has 0 radical (unpaired) electrons. The molecule has 6 aromatic rings. The molecule has 14 nitrogen and oxygen atoms in total. The van der Waals surface area contributed by atoms with E-state index in [9.17, 15) is 24.9 Å². The Labute approximate surface area is 330 Å². The summed E-state index contributed by atoms with van der Waals surface area (Å²) in [7, 11) is 0. The van der Waals surface area contributed by atoms with Crippen LogP contribution >= 0.6 is 22.7 Å². The van der Waals surface area contributed by atoms with E-state index < -0.39 is 17.7 Å². The Kier molecular flexibility index (Phi) is 10.0. The first-order valence-corrected chi connectivity index (χ1v) is 20.9. The third kappa shape index (κ3) is 6.73. The number of phenols is 1. The van der Waals surface area contributed by atoms with Crippen LogP contribution in [0.2, 0.25) is 0 Å². The molecule has 1 atom stereocenters. The number of hydrogen-bond donors (Lipinski definition) is 5. The summed E-state index contributed by atoms with van der Waals surface area (Å²) >= 11 is 2.70. The summed E-state index contributed by atoms with van der Waals surface area (Å²) in [5.41, 5.74) is 4.18. The smallest absolute Gasteiger partial charge is 0.349 e. The van der Waals surface area contributed by atoms with Crippen molar-refractivity contribution >= 4 is 62.0 Å². The maximum atomic E-state index is 13.5. The second-order valence-electron chi connectivity index (χ2n) is 14.8. The van der Waals surface area contributed by atoms with Gasteiger partial charge in [-0.2, -0.15) is 0 Å². The molecule has 10 rings (SSSR count). The minimum atomic E-state index is -1.79. The number of nitrogens with zero attached hydrogens (tertiary/aromatic N) is 6. The first-order chi connectivity index (χ1) is 27.3. The van der Waals surface area contributed by atoms with Gasteiger partial charge in [0.05, 0.1) is 32.7 Å². The Morgan fingerprint density at radius 1 is 0.964 bits per heavy atom. The number of aromatic hydroxyl groups is 1. The van der Waals surface area contributed by atoms with E-state index in [-0.39, 0.29) is 24.0 Å². The number of pyridine rings is 1. The van der Waals surface area contributed by atoms with Gasteiger partial charge in [-0.25, -0.2) is 9.48 Å². The van der Waals surface area contributed by atoms with Crippen LogP contribution in [-0.4, -0.2) is 105 Å². The van der Waals surface area contributed by atoms with Crippen LogP contribution in [0, 0.1) is 0 Å². The van der Waals surface area contributed by atoms with Crippen molar-refractivity contribution in [3.05, 3.63) is 96.6 Å². The topological polar surface area (TPSA) is 172 Å². The van der Waals surface area contributed by atoms with Crippen LogP contribution in [0.1, 0.15) is 46.2 Å². The first kappa shape index (κ1) is 36.8. The third-order valence-electron chi connectivity index (χ3n) is 11.4. The van der Waals surface area contributed by atoms with Gasteiger partial charge in [0.2, 0.25) is 11.2 Å². The normalized spacial score (nSPS) is 16.9. The van der Waals surface area contributed by atoms with Crippen molar-refractivity contribution in [1.82, 2.24) is 30.2 Å². The van der Waals surface area contributed by atoms with Crippen LogP contribution < -0.4 is 20.7 Å². The number of aromatic amines is 1. The number of aliphatic hydroxyl groups is 2. The summed E-state index contributed by atoms with van der Waals surface area (Å²) in [5, 5.41) is 50.1. The second-order valence-corrected chi connectivity index (χ2v) is 16.7. The van der Waals surface area contributed by atoms with Gasteiger partial charge in [-0.3, -0.25) is 4.79 Å². The highest BCUT2D eigenvalue weighted by Crippen LogP contribution is 2.44. The van der Waals surface area contributed by atoms with Crippen LogP contribution in [0.3, 0.4) is 0 Å². The molecule has 56 heavy (non-hydrogen) atoms. The van der Waals surface area contributed by atoms with Gasteiger partial charge in [0.25, 0.3) is 0 Å². The Balaban J connectivity index is 0.834. The molecule has 16 heteroatoms. The summed E-state index contributed by atoms with van der Waals surface area (Å²) < 4.78 is 8.00. The van der Waals surface area contributed by atoms with E-state index in [0.29, 0.717) is 45.6 Å². The predicted octanol–water partition coefficient (Wildman–Crippen LogP) is 3.90. The van der Waals surface area contributed by atoms with Gasteiger partial charge >= 0.3 is 5.97 Å². The zero-order chi connectivity index (χ0) is 38.4. The van der Waals surface area contributed by atoms with Crippen molar-refractivity contribution in [2.75, 3.05) is 62.2 Å². The number of rotatable bonds is 13. The number of carbonyl (C=O) groups excluding carboxylic acids is 1. The molecule has 5 N–H and O–H groups in total. The number of thiophene rings is 2. The Morgan fingerprint density at radius 2 is 1.68 bits per heavy atom. The minimum absolute atomic E-state index is 0.0378. The van der Waals surface area contributed by atoms with Crippen LogP contribution in [0.4, 0.5) is 11.4 Å². The highest BCUT2D eigenvalue weighted by Gasteiger charge is 2.45. The lowest BCUT2D eigenvalue weighted by Crippen LogP contribution is -2.52. The Morgan fingerprint density at radius 3 is 2.38 bits per heavy atom. The van der Waals surface area contributed by atoms with Gasteiger partial charge in [-0.15, -0.1) is 27.8 Å². The number of nitrogens with one attached hydrogen (secondary N) is 2. The number of benzene rings is 2. The SMILES string of the molecule is O=C(OC1CCN(CCCn2nnc3cc(CNC[C@H](O)c4ccc(O)c5[nH]c(=O)ccc45)c4c(c32)N2CCN4CC2)CC1)C(O)(c1cccs1)c1cccs1. The molecule has 2 aromatic carbocycles. The van der Waals surface area contributed by atoms with Crippen molar-refractivity contribution in [2.45, 2.75) is 50.2 Å². The zero-order valence-corrected chi connectivity index (χ0v) is 32.4. The number of aliphatic hydroxyl groups excluding tert-OH is 1. The molecule has 0 saturated carbocycles. The van der Waals surface area contributed by atoms with E-state index in [1.807, 2.05) is 27.6 Å². The van der Waals surface area contributed by atoms with Crippen LogP contribution in [0.5, 0.6) is 5.75 Å². The number of aryl methyl sites for hydroxylation is 1. The molecule has 8 heterocycles. The largest absolute Gasteiger partial charge is 0.506 e. The quantitative estimate of drug-likeness (QED) is 0.107. The maximum Gasteiger partial charge on any atom is 0.349 e. The number of aromatic nitrogens is 4. The molecule has 4 aliphatic heterocycles. The Bertz CT molecular complexity index is 2360. The molecule has 2 saturated heterocycles. The average molecular weight is 797 g/mol. The fraction of sp³-hybridized carbons (Fsp3) is 0.400. The molecule has 4 aromatic heterocycles. The number of likely N-dealkylation sites (tertiary alicyclic amines) is 1. The molecule has 2 fully saturated rings. The molecule has 292 valence electrons. The fourth-order valence-electron chi connectivity index (χ4n) is 8.49. The number of anilines is 2. The molecule has 0 spiro atoms. The zero-order valence-electron chi connectivity index (χ0n) is 30.8. The summed E-state index contributed by atoms with van der Waals surface area (Å²) in [6, 6.07) is 15.5. The number of fused-ring (bicyclic) bond motifs is 4. The van der Waals surface area contributed by atoms with Gasteiger partial charge in [0.15, 0.2) is 0 Å². The number of esters is 1. The monoisotopic (exact) mass is 796 g/mol. The first-order valence-electron chi connectivity index (χ1n) is 19.1. The highest BCUT2D eigenvalue weighted by molar-refractivity contribution is 7.12. The summed E-state index contributed by atoms with van der Waals surface area (Å²) in [6.45, 7) is 7.77. The minimum Gasteiger partial charge on any atom is -0.506 e. The number of carbonyl (C=O) groups is 1.